The first-order valence-electron chi connectivity index (χ1n) is 9.59. The van der Waals surface area contributed by atoms with Crippen LogP contribution in [0.1, 0.15) is 16.8 Å². The fourth-order valence-electron chi connectivity index (χ4n) is 3.21. The molecule has 2 N–H and O–H groups in total. The molecule has 4 aromatic rings. The maximum atomic E-state index is 12.8. The number of aromatic nitrogens is 5. The first kappa shape index (κ1) is 20.6. The van der Waals surface area contributed by atoms with Crippen molar-refractivity contribution in [3.05, 3.63) is 75.8 Å². The molecule has 2 heterocycles. The van der Waals surface area contributed by atoms with E-state index in [0.717, 1.165) is 5.69 Å². The van der Waals surface area contributed by atoms with Crippen LogP contribution >= 0.6 is 12.2 Å². The fourth-order valence-corrected chi connectivity index (χ4v) is 3.49. The number of anilines is 1. The van der Waals surface area contributed by atoms with Crippen LogP contribution in [0.5, 0.6) is 0 Å². The Morgan fingerprint density at radius 3 is 2.74 bits per heavy atom. The number of amides is 1. The molecular formula is C21H20N6O3S. The number of carbonyl (C=O) groups excluding carboxylic acids is 1. The van der Waals surface area contributed by atoms with Crippen LogP contribution in [0.2, 0.25) is 0 Å². The molecule has 31 heavy (non-hydrogen) atoms. The van der Waals surface area contributed by atoms with Crippen molar-refractivity contribution < 1.29 is 9.53 Å². The monoisotopic (exact) mass is 436 g/mol. The number of nitrogens with one attached hydrogen (secondary N) is 2. The Hall–Kier alpha value is -3.63. The highest BCUT2D eigenvalue weighted by Crippen LogP contribution is 2.16. The Labute approximate surface area is 182 Å². The first-order chi connectivity index (χ1) is 15.1. The van der Waals surface area contributed by atoms with Gasteiger partial charge in [0.05, 0.1) is 16.6 Å². The van der Waals surface area contributed by atoms with Crippen molar-refractivity contribution in [2.75, 3.05) is 19.0 Å². The van der Waals surface area contributed by atoms with E-state index < -0.39 is 0 Å². The minimum Gasteiger partial charge on any atom is -0.385 e. The van der Waals surface area contributed by atoms with Gasteiger partial charge in [-0.05, 0) is 61.1 Å². The topological polar surface area (TPSA) is 107 Å². The van der Waals surface area contributed by atoms with Crippen molar-refractivity contribution in [2.24, 2.45) is 0 Å². The predicted molar refractivity (Wildman–Crippen MR) is 119 cm³/mol. The number of carbonyl (C=O) groups is 1. The third-order valence-corrected chi connectivity index (χ3v) is 5.11. The summed E-state index contributed by atoms with van der Waals surface area (Å²) in [5, 5.41) is 7.39. The molecule has 0 unspecified atom stereocenters. The molecule has 0 aliphatic carbocycles. The molecular weight excluding hydrogens is 416 g/mol. The van der Waals surface area contributed by atoms with Crippen LogP contribution in [-0.2, 0) is 11.3 Å². The van der Waals surface area contributed by atoms with Gasteiger partial charge in [-0.2, -0.15) is 5.10 Å². The first-order valence-corrected chi connectivity index (χ1v) is 10.00. The van der Waals surface area contributed by atoms with Crippen LogP contribution in [0.15, 0.2) is 59.9 Å². The molecule has 0 spiro atoms. The lowest BCUT2D eigenvalue weighted by molar-refractivity contribution is 0.102. The van der Waals surface area contributed by atoms with E-state index in [-0.39, 0.29) is 11.5 Å². The minimum absolute atomic E-state index is 0.189. The van der Waals surface area contributed by atoms with Crippen molar-refractivity contribution in [1.29, 1.82) is 0 Å². The quantitative estimate of drug-likeness (QED) is 0.341. The summed E-state index contributed by atoms with van der Waals surface area (Å²) in [4.78, 5) is 32.4. The molecule has 0 saturated carbocycles. The van der Waals surface area contributed by atoms with E-state index in [1.807, 2.05) is 12.1 Å². The smallest absolute Gasteiger partial charge is 0.262 e. The number of H-pyrrole nitrogens is 1. The molecule has 9 nitrogen and oxygen atoms in total. The van der Waals surface area contributed by atoms with Gasteiger partial charge in [-0.25, -0.2) is 9.67 Å². The normalized spacial score (nSPS) is 11.0. The van der Waals surface area contributed by atoms with Crippen molar-refractivity contribution in [3.63, 3.8) is 0 Å². The zero-order valence-electron chi connectivity index (χ0n) is 16.7. The summed E-state index contributed by atoms with van der Waals surface area (Å²) in [5.41, 5.74) is 2.21. The molecule has 0 fully saturated rings. The summed E-state index contributed by atoms with van der Waals surface area (Å²) in [6, 6.07) is 12.1. The predicted octanol–water partition coefficient (Wildman–Crippen LogP) is 2.93. The summed E-state index contributed by atoms with van der Waals surface area (Å²) in [6.45, 7) is 1.00. The summed E-state index contributed by atoms with van der Waals surface area (Å²) in [7, 11) is 1.61. The lowest BCUT2D eigenvalue weighted by Crippen LogP contribution is -2.23. The Balaban J connectivity index is 1.55. The standard InChI is InChI=1S/C21H20N6O3S/c1-30-10-2-9-26-20(29)17-8-3-14(11-18(17)25-21(26)31)19(28)24-15-4-6-16(7-5-15)27-13-22-12-23-27/h3-8,11-13H,2,9-10H2,1H3,(H,24,28)(H,25,31). The van der Waals surface area contributed by atoms with E-state index in [0.29, 0.717) is 46.5 Å². The Morgan fingerprint density at radius 2 is 2.03 bits per heavy atom. The number of ether oxygens (including phenoxy) is 1. The molecule has 0 aliphatic rings. The minimum atomic E-state index is -0.293. The molecule has 10 heteroatoms. The maximum Gasteiger partial charge on any atom is 0.262 e. The number of hydrogen-bond acceptors (Lipinski definition) is 6. The van der Waals surface area contributed by atoms with Crippen molar-refractivity contribution in [2.45, 2.75) is 13.0 Å². The van der Waals surface area contributed by atoms with Crippen LogP contribution < -0.4 is 10.9 Å². The average Bonchev–Trinajstić information content (AvgIpc) is 3.31. The highest BCUT2D eigenvalue weighted by atomic mass is 32.1. The molecule has 2 aromatic carbocycles. The van der Waals surface area contributed by atoms with Gasteiger partial charge in [0.25, 0.3) is 11.5 Å². The number of fused-ring (bicyclic) bond motifs is 1. The lowest BCUT2D eigenvalue weighted by atomic mass is 10.1. The number of aromatic amines is 1. The molecule has 0 saturated heterocycles. The zero-order valence-corrected chi connectivity index (χ0v) is 17.6. The maximum absolute atomic E-state index is 12.8. The summed E-state index contributed by atoms with van der Waals surface area (Å²) in [5.74, 6) is -0.293. The van der Waals surface area contributed by atoms with Crippen LogP contribution in [0, 0.1) is 4.77 Å². The third kappa shape index (κ3) is 4.44. The molecule has 0 radical (unpaired) electrons. The van der Waals surface area contributed by atoms with Crippen LogP contribution in [0.3, 0.4) is 0 Å². The number of rotatable bonds is 7. The van der Waals surface area contributed by atoms with E-state index >= 15 is 0 Å². The van der Waals surface area contributed by atoms with Gasteiger partial charge >= 0.3 is 0 Å². The average molecular weight is 436 g/mol. The van der Waals surface area contributed by atoms with E-state index in [2.05, 4.69) is 20.4 Å². The van der Waals surface area contributed by atoms with Gasteiger partial charge in [0, 0.05) is 31.5 Å². The third-order valence-electron chi connectivity index (χ3n) is 4.78. The molecule has 2 aromatic heterocycles. The lowest BCUT2D eigenvalue weighted by Gasteiger charge is -2.10. The Morgan fingerprint density at radius 1 is 1.23 bits per heavy atom. The summed E-state index contributed by atoms with van der Waals surface area (Å²) in [6.07, 6.45) is 3.72. The molecule has 0 aliphatic heterocycles. The largest absolute Gasteiger partial charge is 0.385 e. The van der Waals surface area contributed by atoms with E-state index in [9.17, 15) is 9.59 Å². The van der Waals surface area contributed by atoms with Gasteiger partial charge in [-0.1, -0.05) is 0 Å². The Kier molecular flexibility index (Phi) is 6.01. The van der Waals surface area contributed by atoms with Crippen molar-refractivity contribution in [1.82, 2.24) is 24.3 Å². The van der Waals surface area contributed by atoms with E-state index in [1.165, 1.54) is 10.9 Å². The Bertz CT molecular complexity index is 1330. The fraction of sp³-hybridized carbons (Fsp3) is 0.190. The van der Waals surface area contributed by atoms with Crippen molar-refractivity contribution in [3.8, 4) is 5.69 Å². The van der Waals surface area contributed by atoms with Gasteiger partial charge in [-0.15, -0.1) is 0 Å². The molecule has 0 atom stereocenters. The van der Waals surface area contributed by atoms with E-state index in [1.54, 1.807) is 48.5 Å². The van der Waals surface area contributed by atoms with Crippen molar-refractivity contribution >= 4 is 34.7 Å². The number of hydrogen-bond donors (Lipinski definition) is 2. The number of benzene rings is 2. The zero-order chi connectivity index (χ0) is 21.8. The van der Waals surface area contributed by atoms with Gasteiger partial charge in [0.15, 0.2) is 4.77 Å². The van der Waals surface area contributed by atoms with Gasteiger partial charge in [-0.3, -0.25) is 14.2 Å². The number of methoxy groups -OCH3 is 1. The SMILES string of the molecule is COCCCn1c(=S)[nH]c2cc(C(=O)Nc3ccc(-n4cncn4)cc3)ccc2c1=O. The summed E-state index contributed by atoms with van der Waals surface area (Å²) < 4.78 is 8.48. The van der Waals surface area contributed by atoms with Gasteiger partial charge in [0.1, 0.15) is 12.7 Å². The molecule has 4 rings (SSSR count). The second kappa shape index (κ2) is 9.02. The molecule has 158 valence electrons. The molecule has 0 bridgehead atoms. The second-order valence-electron chi connectivity index (χ2n) is 6.83. The van der Waals surface area contributed by atoms with Crippen LogP contribution in [-0.4, -0.2) is 43.9 Å². The molecule has 1 amide bonds. The van der Waals surface area contributed by atoms with Crippen LogP contribution in [0.25, 0.3) is 16.6 Å². The summed E-state index contributed by atoms with van der Waals surface area (Å²) >= 11 is 5.33. The van der Waals surface area contributed by atoms with Gasteiger partial charge in [0.2, 0.25) is 0 Å². The van der Waals surface area contributed by atoms with E-state index in [4.69, 9.17) is 17.0 Å². The second-order valence-corrected chi connectivity index (χ2v) is 7.22. The van der Waals surface area contributed by atoms with Gasteiger partial charge < -0.3 is 15.0 Å². The highest BCUT2D eigenvalue weighted by molar-refractivity contribution is 7.71. The highest BCUT2D eigenvalue weighted by Gasteiger charge is 2.11. The number of nitrogens with zero attached hydrogens (tertiary/aromatic N) is 4. The van der Waals surface area contributed by atoms with Crippen LogP contribution in [0.4, 0.5) is 5.69 Å².